The van der Waals surface area contributed by atoms with Gasteiger partial charge in [-0.3, -0.25) is 24.0 Å². The number of phenols is 4. The summed E-state index contributed by atoms with van der Waals surface area (Å²) in [5, 5.41) is 126. The SMILES string of the molecule is Cc1ccc(NC(=O)c2cc3cc(C)ccc3c(N=Nc3c(C#N)cnn3-c3ncccn3)c2O)cc1.Cc1ccc(NC(=O)c2cc3ccccc3c(N=Nc3c(C(N)=O)cnn3-c3ncccn3)c2O)cc1.[C-]#[N+]c1c(C)nsc1N=Nc1c(O)c(C(=O)Nc2ccc(CO)cc2)cc2ccccc12.[C-]#[N+]c1cnn(-c2ncccn2)c1N=Nc1c(O)c(C(=O)Nc2ccc(C)cc2)cc2ccccc12. The Bertz CT molecular complexity index is 8350. The zero-order valence-electron chi connectivity index (χ0n) is 75.3. The maximum atomic E-state index is 13.2. The highest BCUT2D eigenvalue weighted by molar-refractivity contribution is 7.10. The molecular weight excluding hydrogens is 1820 g/mol. The minimum atomic E-state index is -0.781. The number of nitrogens with one attached hydrogen (secondary N) is 4. The van der Waals surface area contributed by atoms with Gasteiger partial charge in [-0.2, -0.15) is 34.6 Å². The van der Waals surface area contributed by atoms with Gasteiger partial charge in [0.15, 0.2) is 45.5 Å². The van der Waals surface area contributed by atoms with Gasteiger partial charge in [0.1, 0.15) is 39.9 Å². The van der Waals surface area contributed by atoms with Crippen molar-refractivity contribution in [3.05, 3.63) is 376 Å². The highest BCUT2D eigenvalue weighted by atomic mass is 32.1. The zero-order chi connectivity index (χ0) is 99.6. The first-order valence-electron chi connectivity index (χ1n) is 42.7. The molecule has 142 heavy (non-hydrogen) atoms. The van der Waals surface area contributed by atoms with Crippen LogP contribution in [0.5, 0.6) is 23.0 Å². The predicted molar refractivity (Wildman–Crippen MR) is 532 cm³/mol. The third kappa shape index (κ3) is 21.2. The molecule has 0 bridgehead atoms. The van der Waals surface area contributed by atoms with Crippen molar-refractivity contribution in [2.45, 2.75) is 41.2 Å². The number of amides is 5. The van der Waals surface area contributed by atoms with Crippen molar-refractivity contribution in [1.82, 2.24) is 63.6 Å². The standard InChI is InChI=1S/C27H20N8O2.C26H20N8O3.C26H18N8O2.C23H17N5O3S/c1-16-4-7-20(8-5-16)32-26(37)22-13-18-12-17(2)6-9-21(18)23(24(22)36)33-34-25-19(14-28)15-31-35(25)27-29-10-3-11-30-27;1-15-7-9-17(10-8-15)31-25(37)19-13-16-5-2-3-6-18(16)21(22(19)35)32-33-24-20(23(27)36)14-30-34(24)26-28-11-4-12-29-26;1-16-8-10-18(11-9-16)31-25(36)20-14-17-6-3-4-7-19(17)22(23(20)35)32-33-24-21(27-2)15-30-34(24)26-28-12-5-13-29-26;1-13-19(24-2)23(32-28-13)27-26-20-17-6-4-3-5-15(17)11-18(21(20)30)22(31)25-16-9-7-14(12-29)8-10-16/h3-13,15,36H,1-2H3,(H,32,37);2-14,35H,1H3,(H2,27,36)(H,31,37);3-15,35H,1H3,(H,31,36);3-11,29-30H,12H2,1H3,(H,25,31). The second-order valence-electron chi connectivity index (χ2n) is 31.1. The maximum absolute atomic E-state index is 13.2. The number of benzene rings is 12. The fourth-order valence-corrected chi connectivity index (χ4v) is 14.8. The molecule has 0 fully saturated rings. The monoisotopic (exact) mass is 1900 g/mol. The van der Waals surface area contributed by atoms with Gasteiger partial charge in [-0.15, -0.1) is 40.9 Å². The lowest BCUT2D eigenvalue weighted by molar-refractivity contribution is 0.0995. The third-order valence-electron chi connectivity index (χ3n) is 21.4. The first kappa shape index (κ1) is 94.7. The van der Waals surface area contributed by atoms with Crippen LogP contribution in [0.4, 0.5) is 79.3 Å². The van der Waals surface area contributed by atoms with Crippen LogP contribution in [0.1, 0.15) is 90.9 Å². The molecule has 12 aromatic carbocycles. The molecule has 0 unspecified atom stereocenters. The summed E-state index contributed by atoms with van der Waals surface area (Å²) in [5.41, 5.74) is 14.2. The van der Waals surface area contributed by atoms with Crippen molar-refractivity contribution >= 4 is 163 Å². The predicted octanol–water partition coefficient (Wildman–Crippen LogP) is 22.3. The van der Waals surface area contributed by atoms with Gasteiger partial charge in [-0.05, 0) is 164 Å². The van der Waals surface area contributed by atoms with E-state index in [9.17, 15) is 49.7 Å². The summed E-state index contributed by atoms with van der Waals surface area (Å²) in [6.45, 7) is 24.1. The number of azo groups is 4. The number of rotatable bonds is 21. The molecule has 0 spiro atoms. The zero-order valence-corrected chi connectivity index (χ0v) is 76.2. The second-order valence-corrected chi connectivity index (χ2v) is 31.8. The van der Waals surface area contributed by atoms with E-state index < -0.39 is 29.5 Å². The highest BCUT2D eigenvalue weighted by Gasteiger charge is 2.28. The van der Waals surface area contributed by atoms with Crippen LogP contribution in [0.15, 0.2) is 327 Å². The van der Waals surface area contributed by atoms with Crippen LogP contribution in [0.2, 0.25) is 0 Å². The highest BCUT2D eigenvalue weighted by Crippen LogP contribution is 2.47. The second kappa shape index (κ2) is 42.8. The molecule has 19 rings (SSSR count). The number of aromatic nitrogens is 13. The van der Waals surface area contributed by atoms with E-state index in [0.29, 0.717) is 82.2 Å². The Hall–Kier alpha value is -20.4. The van der Waals surface area contributed by atoms with Gasteiger partial charge in [-0.1, -0.05) is 162 Å². The van der Waals surface area contributed by atoms with Crippen molar-refractivity contribution < 1.29 is 49.5 Å². The van der Waals surface area contributed by atoms with Gasteiger partial charge < -0.3 is 52.5 Å². The average Bonchev–Trinajstić information content (AvgIpc) is 0.936. The normalized spacial score (nSPS) is 11.1. The third-order valence-corrected chi connectivity index (χ3v) is 22.2. The molecular formula is C102H75N29O10S. The van der Waals surface area contributed by atoms with E-state index in [1.807, 2.05) is 107 Å². The number of phenolic OH excluding ortho intramolecular Hbond substituents is 4. The molecule has 7 aromatic heterocycles. The summed E-state index contributed by atoms with van der Waals surface area (Å²) in [7, 11) is 0. The van der Waals surface area contributed by atoms with Crippen LogP contribution in [-0.4, -0.2) is 119 Å². The molecule has 19 aromatic rings. The van der Waals surface area contributed by atoms with Crippen LogP contribution in [0.3, 0.4) is 0 Å². The number of nitriles is 1. The van der Waals surface area contributed by atoms with E-state index >= 15 is 0 Å². The summed E-state index contributed by atoms with van der Waals surface area (Å²) in [6.07, 6.45) is 13.1. The van der Waals surface area contributed by atoms with Crippen molar-refractivity contribution in [1.29, 1.82) is 5.26 Å². The Kier molecular flexibility index (Phi) is 28.6. The van der Waals surface area contributed by atoms with Gasteiger partial charge in [0.05, 0.1) is 66.3 Å². The van der Waals surface area contributed by atoms with E-state index in [1.165, 1.54) is 69.8 Å². The van der Waals surface area contributed by atoms with Crippen molar-refractivity contribution in [2.24, 2.45) is 46.6 Å². The van der Waals surface area contributed by atoms with Gasteiger partial charge in [-0.25, -0.2) is 44.0 Å². The molecule has 694 valence electrons. The number of aromatic hydroxyl groups is 4. The van der Waals surface area contributed by atoms with Crippen LogP contribution in [0.25, 0.3) is 70.6 Å². The number of carbonyl (C=O) groups is 5. The van der Waals surface area contributed by atoms with Gasteiger partial charge in [0.25, 0.3) is 53.1 Å². The number of aliphatic hydroxyl groups excluding tert-OH is 1. The Balaban J connectivity index is 0.000000136. The number of hydrogen-bond donors (Lipinski definition) is 10. The number of anilines is 4. The number of hydrogen-bond acceptors (Lipinski definition) is 30. The first-order valence-corrected chi connectivity index (χ1v) is 43.5. The molecule has 11 N–H and O–H groups in total. The molecule has 0 atom stereocenters. The fraction of sp³-hybridized carbons (Fsp3) is 0.0588. The van der Waals surface area contributed by atoms with Crippen LogP contribution in [-0.2, 0) is 6.61 Å². The van der Waals surface area contributed by atoms with E-state index in [-0.39, 0.29) is 127 Å². The molecule has 0 radical (unpaired) electrons. The number of fused-ring (bicyclic) bond motifs is 4. The summed E-state index contributed by atoms with van der Waals surface area (Å²) in [5.74, 6) is -3.49. The van der Waals surface area contributed by atoms with Crippen molar-refractivity contribution in [2.75, 3.05) is 21.3 Å². The van der Waals surface area contributed by atoms with Crippen molar-refractivity contribution in [3.8, 4) is 46.9 Å². The van der Waals surface area contributed by atoms with E-state index in [1.54, 1.807) is 165 Å². The topological polar surface area (TPSA) is 536 Å². The molecule has 0 saturated heterocycles. The Morgan fingerprint density at radius 2 is 0.739 bits per heavy atom. The van der Waals surface area contributed by atoms with Gasteiger partial charge >= 0.3 is 0 Å². The molecule has 0 saturated carbocycles. The molecule has 0 aliphatic heterocycles. The van der Waals surface area contributed by atoms with E-state index in [2.05, 4.69) is 121 Å². The number of nitrogens with two attached hydrogens (primary N) is 1. The maximum Gasteiger partial charge on any atom is 0.259 e. The molecule has 7 heterocycles. The molecule has 5 amide bonds. The lowest BCUT2D eigenvalue weighted by atomic mass is 10.0. The lowest BCUT2D eigenvalue weighted by Crippen LogP contribution is -2.12. The first-order chi connectivity index (χ1) is 68.9. The Morgan fingerprint density at radius 3 is 1.13 bits per heavy atom. The Morgan fingerprint density at radius 1 is 0.394 bits per heavy atom. The Labute approximate surface area is 809 Å². The minimum absolute atomic E-state index is 0.00301. The van der Waals surface area contributed by atoms with Gasteiger partial charge in [0, 0.05) is 81.5 Å². The number of aliphatic hydroxyl groups is 1. The lowest BCUT2D eigenvalue weighted by Gasteiger charge is -2.12. The molecule has 0 aliphatic rings. The molecule has 40 heteroatoms. The van der Waals surface area contributed by atoms with Crippen LogP contribution in [0, 0.1) is 59.1 Å². The van der Waals surface area contributed by atoms with Gasteiger partial charge in [0.2, 0.25) is 5.69 Å². The quantitative estimate of drug-likeness (QED) is 0.0236. The number of aryl methyl sites for hydroxylation is 5. The molecule has 0 aliphatic carbocycles. The largest absolute Gasteiger partial charge is 0.505 e. The van der Waals surface area contributed by atoms with Crippen LogP contribution < -0.4 is 27.0 Å². The summed E-state index contributed by atoms with van der Waals surface area (Å²) in [4.78, 5) is 96.0. The smallest absolute Gasteiger partial charge is 0.259 e. The average molecular weight is 1900 g/mol. The van der Waals surface area contributed by atoms with E-state index in [4.69, 9.17) is 24.0 Å². The summed E-state index contributed by atoms with van der Waals surface area (Å²) < 4.78 is 7.89. The van der Waals surface area contributed by atoms with Crippen molar-refractivity contribution in [3.63, 3.8) is 0 Å². The number of nitrogens with zero attached hydrogens (tertiary/aromatic N) is 24. The number of primary amides is 1. The van der Waals surface area contributed by atoms with Crippen LogP contribution >= 0.6 is 11.5 Å². The molecule has 39 nitrogen and oxygen atoms in total. The number of carbonyl (C=O) groups excluding carboxylic acids is 5. The minimum Gasteiger partial charge on any atom is -0.505 e. The summed E-state index contributed by atoms with van der Waals surface area (Å²) >= 11 is 1.04. The van der Waals surface area contributed by atoms with E-state index in [0.717, 1.165) is 39.3 Å². The fourth-order valence-electron chi connectivity index (χ4n) is 14.2. The summed E-state index contributed by atoms with van der Waals surface area (Å²) in [6, 6.07) is 69.0.